The zero-order valence-electron chi connectivity index (χ0n) is 12.5. The van der Waals surface area contributed by atoms with Crippen LogP contribution in [0.15, 0.2) is 46.1 Å². The summed E-state index contributed by atoms with van der Waals surface area (Å²) in [5.41, 5.74) is 0.466. The summed E-state index contributed by atoms with van der Waals surface area (Å²) in [5.74, 6) is -0.271. The molecular weight excluding hydrogens is 404 g/mol. The number of anilines is 2. The lowest BCUT2D eigenvalue weighted by atomic mass is 10.3. The van der Waals surface area contributed by atoms with Gasteiger partial charge in [-0.1, -0.05) is 11.6 Å². The van der Waals surface area contributed by atoms with Gasteiger partial charge in [0.1, 0.15) is 0 Å². The lowest BCUT2D eigenvalue weighted by molar-refractivity contribution is -0.115. The summed E-state index contributed by atoms with van der Waals surface area (Å²) in [4.78, 5) is 20.1. The molecule has 3 rings (SSSR count). The lowest BCUT2D eigenvalue weighted by Crippen LogP contribution is -2.15. The molecule has 0 saturated carbocycles. The van der Waals surface area contributed by atoms with Crippen LogP contribution < -0.4 is 10.0 Å². The van der Waals surface area contributed by atoms with Crippen LogP contribution in [0.25, 0.3) is 0 Å². The maximum absolute atomic E-state index is 12.3. The number of carbonyl (C=O) groups is 1. The van der Waals surface area contributed by atoms with Crippen molar-refractivity contribution in [2.45, 2.75) is 11.3 Å². The molecule has 2 N–H and O–H groups in total. The molecule has 3 aromatic rings. The highest BCUT2D eigenvalue weighted by Crippen LogP contribution is 2.22. The summed E-state index contributed by atoms with van der Waals surface area (Å²) in [7, 11) is -3.76. The van der Waals surface area contributed by atoms with Gasteiger partial charge in [-0.25, -0.2) is 18.4 Å². The minimum Gasteiger partial charge on any atom is -0.302 e. The topological polar surface area (TPSA) is 101 Å². The molecule has 11 heteroatoms. The summed E-state index contributed by atoms with van der Waals surface area (Å²) in [6.45, 7) is 0. The van der Waals surface area contributed by atoms with Crippen molar-refractivity contribution < 1.29 is 13.2 Å². The van der Waals surface area contributed by atoms with E-state index in [1.807, 2.05) is 0 Å². The Labute approximate surface area is 156 Å². The van der Waals surface area contributed by atoms with Gasteiger partial charge >= 0.3 is 0 Å². The summed E-state index contributed by atoms with van der Waals surface area (Å²) in [6.07, 6.45) is 1.62. The van der Waals surface area contributed by atoms with Gasteiger partial charge in [-0.15, -0.1) is 22.7 Å². The largest absolute Gasteiger partial charge is 0.302 e. The molecule has 2 aromatic heterocycles. The second-order valence-corrected chi connectivity index (χ2v) is 8.64. The molecule has 0 spiro atoms. The molecule has 1 amide bonds. The third-order valence-electron chi connectivity index (χ3n) is 2.92. The van der Waals surface area contributed by atoms with Crippen molar-refractivity contribution in [3.63, 3.8) is 0 Å². The van der Waals surface area contributed by atoms with Crippen LogP contribution in [0.3, 0.4) is 0 Å². The van der Waals surface area contributed by atoms with E-state index in [0.717, 1.165) is 11.3 Å². The van der Waals surface area contributed by atoms with Crippen LogP contribution in [0, 0.1) is 0 Å². The summed E-state index contributed by atoms with van der Waals surface area (Å²) in [6, 6.07) is 5.79. The Balaban J connectivity index is 1.65. The van der Waals surface area contributed by atoms with Crippen LogP contribution in [0.4, 0.5) is 10.3 Å². The first-order valence-electron chi connectivity index (χ1n) is 6.84. The molecule has 25 heavy (non-hydrogen) atoms. The molecule has 1 aromatic carbocycles. The average Bonchev–Trinajstić information content (AvgIpc) is 3.19. The van der Waals surface area contributed by atoms with Crippen LogP contribution in [0.1, 0.15) is 5.69 Å². The standard InChI is InChI=1S/C14H11ClN4O3S3/c15-9-1-3-11(4-2-9)25(21,22)19-14-17-10(8-24-14)7-12(20)18-13-16-5-6-23-13/h1-6,8H,7H2,(H,17,19)(H,16,18,20). The second-order valence-electron chi connectivity index (χ2n) is 4.77. The van der Waals surface area contributed by atoms with Crippen molar-refractivity contribution in [2.24, 2.45) is 0 Å². The Morgan fingerprint density at radius 2 is 1.92 bits per heavy atom. The van der Waals surface area contributed by atoms with Gasteiger partial charge in [0.2, 0.25) is 5.91 Å². The number of hydrogen-bond donors (Lipinski definition) is 2. The molecule has 2 heterocycles. The lowest BCUT2D eigenvalue weighted by Gasteiger charge is -2.05. The second kappa shape index (κ2) is 7.48. The summed E-state index contributed by atoms with van der Waals surface area (Å²) < 4.78 is 27.0. The number of halogens is 1. The van der Waals surface area contributed by atoms with E-state index >= 15 is 0 Å². The van der Waals surface area contributed by atoms with Gasteiger partial charge in [-0.05, 0) is 24.3 Å². The molecule has 0 radical (unpaired) electrons. The molecule has 130 valence electrons. The molecule has 0 aliphatic heterocycles. The van der Waals surface area contributed by atoms with E-state index in [-0.39, 0.29) is 22.4 Å². The molecule has 0 aliphatic rings. The quantitative estimate of drug-likeness (QED) is 0.644. The van der Waals surface area contributed by atoms with Crippen molar-refractivity contribution in [2.75, 3.05) is 10.0 Å². The van der Waals surface area contributed by atoms with Crippen LogP contribution in [0.5, 0.6) is 0 Å². The molecule has 7 nitrogen and oxygen atoms in total. The predicted octanol–water partition coefficient (Wildman–Crippen LogP) is 3.24. The van der Waals surface area contributed by atoms with E-state index < -0.39 is 10.0 Å². The smallest absolute Gasteiger partial charge is 0.263 e. The van der Waals surface area contributed by atoms with Gasteiger partial charge in [0.15, 0.2) is 10.3 Å². The normalized spacial score (nSPS) is 11.2. The van der Waals surface area contributed by atoms with Crippen molar-refractivity contribution in [3.05, 3.63) is 51.9 Å². The fourth-order valence-electron chi connectivity index (χ4n) is 1.84. The molecule has 0 atom stereocenters. The molecule has 0 unspecified atom stereocenters. The van der Waals surface area contributed by atoms with Gasteiger partial charge in [-0.3, -0.25) is 9.52 Å². The van der Waals surface area contributed by atoms with Gasteiger partial charge in [-0.2, -0.15) is 0 Å². The Morgan fingerprint density at radius 1 is 1.16 bits per heavy atom. The van der Waals surface area contributed by atoms with Crippen LogP contribution in [0.2, 0.25) is 5.02 Å². The number of rotatable bonds is 6. The molecule has 0 fully saturated rings. The third-order valence-corrected chi connectivity index (χ3v) is 6.15. The first-order valence-corrected chi connectivity index (χ1v) is 10.5. The highest BCUT2D eigenvalue weighted by Gasteiger charge is 2.17. The summed E-state index contributed by atoms with van der Waals surface area (Å²) >= 11 is 8.17. The number of thiazole rings is 2. The fraction of sp³-hybridized carbons (Fsp3) is 0.0714. The number of nitrogens with zero attached hydrogens (tertiary/aromatic N) is 2. The number of hydrogen-bond acceptors (Lipinski definition) is 7. The van der Waals surface area contributed by atoms with Crippen molar-refractivity contribution in [1.29, 1.82) is 0 Å². The maximum atomic E-state index is 12.3. The number of aromatic nitrogens is 2. The summed E-state index contributed by atoms with van der Waals surface area (Å²) in [5, 5.41) is 7.16. The van der Waals surface area contributed by atoms with Crippen molar-refractivity contribution in [1.82, 2.24) is 9.97 Å². The van der Waals surface area contributed by atoms with Gasteiger partial charge in [0.05, 0.1) is 17.0 Å². The number of nitrogens with one attached hydrogen (secondary N) is 2. The van der Waals surface area contributed by atoms with Crippen molar-refractivity contribution in [3.8, 4) is 0 Å². The number of amides is 1. The van der Waals surface area contributed by atoms with Crippen LogP contribution in [-0.4, -0.2) is 24.3 Å². The number of benzene rings is 1. The SMILES string of the molecule is O=C(Cc1csc(NS(=O)(=O)c2ccc(Cl)cc2)n1)Nc1nccs1. The Morgan fingerprint density at radius 3 is 2.60 bits per heavy atom. The van der Waals surface area contributed by atoms with E-state index in [0.29, 0.717) is 15.8 Å². The minimum atomic E-state index is -3.76. The Kier molecular flexibility index (Phi) is 5.33. The number of sulfonamides is 1. The van der Waals surface area contributed by atoms with Gasteiger partial charge < -0.3 is 5.32 Å². The first-order chi connectivity index (χ1) is 11.9. The Hall–Kier alpha value is -2.01. The van der Waals surface area contributed by atoms with E-state index in [1.54, 1.807) is 17.0 Å². The zero-order chi connectivity index (χ0) is 17.9. The molecule has 0 bridgehead atoms. The highest BCUT2D eigenvalue weighted by atomic mass is 35.5. The molecule has 0 aliphatic carbocycles. The predicted molar refractivity (Wildman–Crippen MR) is 98.8 cm³/mol. The van der Waals surface area contributed by atoms with Gasteiger partial charge in [0.25, 0.3) is 10.0 Å². The monoisotopic (exact) mass is 414 g/mol. The van der Waals surface area contributed by atoms with Crippen LogP contribution in [-0.2, 0) is 21.2 Å². The first kappa shape index (κ1) is 17.8. The maximum Gasteiger partial charge on any atom is 0.263 e. The van der Waals surface area contributed by atoms with Crippen molar-refractivity contribution >= 4 is 60.5 Å². The molecular formula is C14H11ClN4O3S3. The number of carbonyl (C=O) groups excluding carboxylic acids is 1. The fourth-order valence-corrected chi connectivity index (χ4v) is 4.47. The molecule has 0 saturated heterocycles. The van der Waals surface area contributed by atoms with E-state index in [4.69, 9.17) is 11.6 Å². The average molecular weight is 415 g/mol. The third kappa shape index (κ3) is 4.75. The van der Waals surface area contributed by atoms with Crippen LogP contribution >= 0.6 is 34.3 Å². The van der Waals surface area contributed by atoms with E-state index in [2.05, 4.69) is 20.0 Å². The zero-order valence-corrected chi connectivity index (χ0v) is 15.7. The van der Waals surface area contributed by atoms with Gasteiger partial charge in [0, 0.05) is 22.0 Å². The minimum absolute atomic E-state index is 0.0265. The van der Waals surface area contributed by atoms with E-state index in [1.165, 1.54) is 35.6 Å². The Bertz CT molecular complexity index is 969. The highest BCUT2D eigenvalue weighted by molar-refractivity contribution is 7.93. The van der Waals surface area contributed by atoms with E-state index in [9.17, 15) is 13.2 Å².